The van der Waals surface area contributed by atoms with Crippen molar-refractivity contribution in [1.82, 2.24) is 0 Å². The fourth-order valence-corrected chi connectivity index (χ4v) is 2.13. The number of carbonyl (C=O) groups is 1. The van der Waals surface area contributed by atoms with Crippen LogP contribution in [0.4, 0.5) is 0 Å². The van der Waals surface area contributed by atoms with Gasteiger partial charge in [-0.15, -0.1) is 0 Å². The molecule has 0 atom stereocenters. The van der Waals surface area contributed by atoms with Crippen molar-refractivity contribution in [2.75, 3.05) is 0 Å². The number of hydrogen-bond donors (Lipinski definition) is 0. The predicted molar refractivity (Wildman–Crippen MR) is 79.2 cm³/mol. The number of carbonyl (C=O) groups excluding carboxylic acids is 1. The summed E-state index contributed by atoms with van der Waals surface area (Å²) in [5, 5.41) is 0.383. The van der Waals surface area contributed by atoms with Crippen LogP contribution in [0, 0.1) is 0 Å². The van der Waals surface area contributed by atoms with E-state index in [2.05, 4.69) is 0 Å². The summed E-state index contributed by atoms with van der Waals surface area (Å²) >= 11 is 0. The van der Waals surface area contributed by atoms with E-state index in [0.717, 1.165) is 5.56 Å². The highest BCUT2D eigenvalue weighted by molar-refractivity contribution is 5.86. The molecule has 0 saturated heterocycles. The van der Waals surface area contributed by atoms with Gasteiger partial charge in [0.05, 0.1) is 5.39 Å². The van der Waals surface area contributed by atoms with E-state index in [0.29, 0.717) is 11.1 Å². The van der Waals surface area contributed by atoms with Gasteiger partial charge in [0.1, 0.15) is 5.76 Å². The highest BCUT2D eigenvalue weighted by Crippen LogP contribution is 2.28. The van der Waals surface area contributed by atoms with Crippen molar-refractivity contribution >= 4 is 16.9 Å². The molecule has 0 amide bonds. The van der Waals surface area contributed by atoms with Crippen LogP contribution in [-0.4, -0.2) is 5.97 Å². The molecule has 21 heavy (non-hydrogen) atoms. The van der Waals surface area contributed by atoms with Gasteiger partial charge >= 0.3 is 5.97 Å². The lowest BCUT2D eigenvalue weighted by Gasteiger charge is -2.07. The first-order valence-electron chi connectivity index (χ1n) is 6.46. The normalized spacial score (nSPS) is 10.5. The summed E-state index contributed by atoms with van der Waals surface area (Å²) in [6.45, 7) is 1.30. The number of benzene rings is 2. The van der Waals surface area contributed by atoms with E-state index in [1.54, 1.807) is 18.2 Å². The molecule has 0 aliphatic carbocycles. The predicted octanol–water partition coefficient (Wildman–Crippen LogP) is 3.39. The third kappa shape index (κ3) is 2.56. The van der Waals surface area contributed by atoms with E-state index in [-0.39, 0.29) is 16.8 Å². The second kappa shape index (κ2) is 5.25. The average Bonchev–Trinajstić information content (AvgIpc) is 2.48. The van der Waals surface area contributed by atoms with E-state index in [9.17, 15) is 9.59 Å². The molecule has 4 heteroatoms. The van der Waals surface area contributed by atoms with Gasteiger partial charge in [-0.3, -0.25) is 9.59 Å². The van der Waals surface area contributed by atoms with Crippen molar-refractivity contribution in [1.29, 1.82) is 0 Å². The zero-order valence-electron chi connectivity index (χ0n) is 11.3. The molecule has 0 radical (unpaired) electrons. The minimum Gasteiger partial charge on any atom is -0.452 e. The molecule has 2 aromatic carbocycles. The SMILES string of the molecule is CC(=O)Oc1cccc2c(=O)cc(-c3ccccc3)oc12. The average molecular weight is 280 g/mol. The Balaban J connectivity index is 2.26. The Morgan fingerprint density at radius 1 is 1.05 bits per heavy atom. The molecule has 104 valence electrons. The molecule has 0 fully saturated rings. The van der Waals surface area contributed by atoms with Crippen molar-refractivity contribution in [2.45, 2.75) is 6.92 Å². The lowest BCUT2D eigenvalue weighted by atomic mass is 10.1. The van der Waals surface area contributed by atoms with Crippen molar-refractivity contribution in [3.63, 3.8) is 0 Å². The highest BCUT2D eigenvalue weighted by Gasteiger charge is 2.12. The number of rotatable bonds is 2. The third-order valence-corrected chi connectivity index (χ3v) is 3.03. The first-order valence-corrected chi connectivity index (χ1v) is 6.46. The van der Waals surface area contributed by atoms with E-state index in [1.165, 1.54) is 13.0 Å². The van der Waals surface area contributed by atoms with Crippen LogP contribution < -0.4 is 10.2 Å². The molecular weight excluding hydrogens is 268 g/mol. The van der Waals surface area contributed by atoms with E-state index >= 15 is 0 Å². The minimum atomic E-state index is -0.463. The second-order valence-corrected chi connectivity index (χ2v) is 4.57. The molecule has 0 saturated carbocycles. The van der Waals surface area contributed by atoms with E-state index in [1.807, 2.05) is 30.3 Å². The number of fused-ring (bicyclic) bond motifs is 1. The van der Waals surface area contributed by atoms with Gasteiger partial charge in [0.25, 0.3) is 0 Å². The molecule has 0 bridgehead atoms. The quantitative estimate of drug-likeness (QED) is 0.533. The molecule has 1 aromatic heterocycles. The minimum absolute atomic E-state index is 0.177. The number of hydrogen-bond acceptors (Lipinski definition) is 4. The van der Waals surface area contributed by atoms with Crippen LogP contribution in [0.15, 0.2) is 63.8 Å². The molecule has 0 N–H and O–H groups in total. The maximum absolute atomic E-state index is 12.2. The fraction of sp³-hybridized carbons (Fsp3) is 0.0588. The van der Waals surface area contributed by atoms with Crippen molar-refractivity contribution in [2.24, 2.45) is 0 Å². The number of ether oxygens (including phenoxy) is 1. The Hall–Kier alpha value is -2.88. The smallest absolute Gasteiger partial charge is 0.308 e. The standard InChI is InChI=1S/C17H12O4/c1-11(18)20-15-9-5-8-13-14(19)10-16(21-17(13)15)12-6-3-2-4-7-12/h2-10H,1H3. The first-order chi connectivity index (χ1) is 10.1. The second-order valence-electron chi connectivity index (χ2n) is 4.57. The summed E-state index contributed by atoms with van der Waals surface area (Å²) in [4.78, 5) is 23.4. The van der Waals surface area contributed by atoms with Crippen LogP contribution >= 0.6 is 0 Å². The molecule has 1 heterocycles. The Kier molecular flexibility index (Phi) is 3.28. The van der Waals surface area contributed by atoms with Gasteiger partial charge in [-0.2, -0.15) is 0 Å². The van der Waals surface area contributed by atoms with Gasteiger partial charge in [-0.25, -0.2) is 0 Å². The molecule has 4 nitrogen and oxygen atoms in total. The molecule has 3 rings (SSSR count). The van der Waals surface area contributed by atoms with Gasteiger partial charge in [-0.1, -0.05) is 36.4 Å². The largest absolute Gasteiger partial charge is 0.452 e. The van der Waals surface area contributed by atoms with Crippen molar-refractivity contribution < 1.29 is 13.9 Å². The third-order valence-electron chi connectivity index (χ3n) is 3.03. The summed E-state index contributed by atoms with van der Waals surface area (Å²) in [6.07, 6.45) is 0. The van der Waals surface area contributed by atoms with Crippen LogP contribution in [0.25, 0.3) is 22.3 Å². The molecule has 0 unspecified atom stereocenters. The summed E-state index contributed by atoms with van der Waals surface area (Å²) in [5.41, 5.74) is 0.886. The zero-order valence-corrected chi connectivity index (χ0v) is 11.3. The lowest BCUT2D eigenvalue weighted by Crippen LogP contribution is -2.05. The maximum Gasteiger partial charge on any atom is 0.308 e. The maximum atomic E-state index is 12.2. The summed E-state index contributed by atoms with van der Waals surface area (Å²) in [5.74, 6) is 0.220. The van der Waals surface area contributed by atoms with E-state index < -0.39 is 5.97 Å². The molecule has 3 aromatic rings. The summed E-state index contributed by atoms with van der Waals surface area (Å²) < 4.78 is 10.9. The molecule has 0 aliphatic rings. The topological polar surface area (TPSA) is 56.5 Å². The van der Waals surface area contributed by atoms with Crippen LogP contribution in [0.1, 0.15) is 6.92 Å². The van der Waals surface area contributed by atoms with Crippen molar-refractivity contribution in [3.8, 4) is 17.1 Å². The van der Waals surface area contributed by atoms with Gasteiger partial charge in [0, 0.05) is 18.6 Å². The Labute approximate surface area is 120 Å². The first kappa shape index (κ1) is 13.1. The van der Waals surface area contributed by atoms with Gasteiger partial charge < -0.3 is 9.15 Å². The van der Waals surface area contributed by atoms with Gasteiger partial charge in [0.15, 0.2) is 16.8 Å². The zero-order chi connectivity index (χ0) is 14.8. The Bertz CT molecular complexity index is 863. The van der Waals surface area contributed by atoms with E-state index in [4.69, 9.17) is 9.15 Å². The van der Waals surface area contributed by atoms with Gasteiger partial charge in [0.2, 0.25) is 0 Å². The van der Waals surface area contributed by atoms with Crippen molar-refractivity contribution in [3.05, 3.63) is 64.8 Å². The van der Waals surface area contributed by atoms with Crippen LogP contribution in [0.2, 0.25) is 0 Å². The molecule has 0 aliphatic heterocycles. The van der Waals surface area contributed by atoms with Crippen LogP contribution in [0.5, 0.6) is 5.75 Å². The van der Waals surface area contributed by atoms with Crippen LogP contribution in [-0.2, 0) is 4.79 Å². The number of esters is 1. The molecular formula is C17H12O4. The summed E-state index contributed by atoms with van der Waals surface area (Å²) in [7, 11) is 0. The van der Waals surface area contributed by atoms with Gasteiger partial charge in [-0.05, 0) is 12.1 Å². The monoisotopic (exact) mass is 280 g/mol. The highest BCUT2D eigenvalue weighted by atomic mass is 16.5. The Morgan fingerprint density at radius 2 is 1.81 bits per heavy atom. The summed E-state index contributed by atoms with van der Waals surface area (Å²) in [6, 6.07) is 15.6. The Morgan fingerprint density at radius 3 is 2.52 bits per heavy atom. The number of para-hydroxylation sites is 1. The lowest BCUT2D eigenvalue weighted by molar-refractivity contribution is -0.131. The fourth-order valence-electron chi connectivity index (χ4n) is 2.13. The molecule has 0 spiro atoms. The van der Waals surface area contributed by atoms with Crippen LogP contribution in [0.3, 0.4) is 0 Å².